The number of aromatic nitrogens is 1. The molecule has 0 fully saturated rings. The fourth-order valence-electron chi connectivity index (χ4n) is 3.14. The topological polar surface area (TPSA) is 89.7 Å². The highest BCUT2D eigenvalue weighted by Gasteiger charge is 2.12. The standard InChI is InChI=1S/C23H26N2O5/c1-4-29-20-9-7-16(13-21(20)30-5-2)22(26)24-11-10-17-12-15-6-8-18(28-3)14-19(15)25-23(17)27/h6-9,12-14H,4-5,10-11H2,1-3H3,(H,24,26)(H,25,27). The molecule has 2 N–H and O–H groups in total. The van der Waals surface area contributed by atoms with Crippen LogP contribution in [0.5, 0.6) is 17.2 Å². The Morgan fingerprint density at radius 1 is 1.00 bits per heavy atom. The first-order valence-corrected chi connectivity index (χ1v) is 9.93. The number of nitrogens with one attached hydrogen (secondary N) is 2. The first-order valence-electron chi connectivity index (χ1n) is 9.93. The summed E-state index contributed by atoms with van der Waals surface area (Å²) >= 11 is 0. The molecule has 7 heteroatoms. The molecule has 0 aliphatic heterocycles. The molecule has 0 aliphatic rings. The third-order valence-corrected chi connectivity index (χ3v) is 4.62. The maximum atomic E-state index is 12.5. The van der Waals surface area contributed by atoms with Crippen molar-refractivity contribution in [3.63, 3.8) is 0 Å². The number of aromatic amines is 1. The molecule has 158 valence electrons. The SMILES string of the molecule is CCOc1ccc(C(=O)NCCc2cc3ccc(OC)cc3[nH]c2=O)cc1OCC. The number of benzene rings is 2. The highest BCUT2D eigenvalue weighted by Crippen LogP contribution is 2.28. The van der Waals surface area contributed by atoms with Crippen molar-refractivity contribution in [2.45, 2.75) is 20.3 Å². The summed E-state index contributed by atoms with van der Waals surface area (Å²) in [4.78, 5) is 27.7. The van der Waals surface area contributed by atoms with Crippen LogP contribution in [0.3, 0.4) is 0 Å². The molecule has 2 aromatic carbocycles. The van der Waals surface area contributed by atoms with Gasteiger partial charge in [0.25, 0.3) is 11.5 Å². The second-order valence-electron chi connectivity index (χ2n) is 6.61. The van der Waals surface area contributed by atoms with Crippen LogP contribution in [0.1, 0.15) is 29.8 Å². The van der Waals surface area contributed by atoms with Gasteiger partial charge in [0.05, 0.1) is 25.8 Å². The second kappa shape index (κ2) is 9.82. The van der Waals surface area contributed by atoms with Crippen LogP contribution < -0.4 is 25.1 Å². The maximum Gasteiger partial charge on any atom is 0.251 e. The molecule has 30 heavy (non-hydrogen) atoms. The Morgan fingerprint density at radius 2 is 1.77 bits per heavy atom. The Labute approximate surface area is 175 Å². The zero-order valence-corrected chi connectivity index (χ0v) is 17.4. The molecule has 1 aromatic heterocycles. The van der Waals surface area contributed by atoms with Gasteiger partial charge in [0, 0.05) is 23.7 Å². The normalized spacial score (nSPS) is 10.6. The molecule has 0 bridgehead atoms. The average Bonchev–Trinajstić information content (AvgIpc) is 2.75. The quantitative estimate of drug-likeness (QED) is 0.565. The molecule has 0 radical (unpaired) electrons. The highest BCUT2D eigenvalue weighted by molar-refractivity contribution is 5.94. The predicted octanol–water partition coefficient (Wildman–Crippen LogP) is 3.31. The van der Waals surface area contributed by atoms with E-state index < -0.39 is 0 Å². The highest BCUT2D eigenvalue weighted by atomic mass is 16.5. The van der Waals surface area contributed by atoms with E-state index in [1.165, 1.54) is 0 Å². The van der Waals surface area contributed by atoms with Gasteiger partial charge in [0.15, 0.2) is 11.5 Å². The van der Waals surface area contributed by atoms with Gasteiger partial charge in [-0.05, 0) is 62.1 Å². The minimum absolute atomic E-state index is 0.176. The lowest BCUT2D eigenvalue weighted by Crippen LogP contribution is -2.27. The lowest BCUT2D eigenvalue weighted by atomic mass is 10.1. The van der Waals surface area contributed by atoms with E-state index in [1.807, 2.05) is 32.0 Å². The van der Waals surface area contributed by atoms with Crippen molar-refractivity contribution in [1.82, 2.24) is 10.3 Å². The number of amides is 1. The van der Waals surface area contributed by atoms with E-state index in [0.29, 0.717) is 60.1 Å². The summed E-state index contributed by atoms with van der Waals surface area (Å²) in [6.45, 7) is 5.09. The van der Waals surface area contributed by atoms with Crippen LogP contribution in [0, 0.1) is 0 Å². The van der Waals surface area contributed by atoms with Crippen LogP contribution in [0.25, 0.3) is 10.9 Å². The van der Waals surface area contributed by atoms with Crippen molar-refractivity contribution in [2.24, 2.45) is 0 Å². The van der Waals surface area contributed by atoms with Crippen molar-refractivity contribution >= 4 is 16.8 Å². The molecule has 7 nitrogen and oxygen atoms in total. The predicted molar refractivity (Wildman–Crippen MR) is 116 cm³/mol. The van der Waals surface area contributed by atoms with E-state index >= 15 is 0 Å². The summed E-state index contributed by atoms with van der Waals surface area (Å²) in [7, 11) is 1.58. The molecule has 0 aliphatic carbocycles. The van der Waals surface area contributed by atoms with Crippen LogP contribution in [-0.2, 0) is 6.42 Å². The molecule has 1 amide bonds. The molecule has 0 spiro atoms. The number of hydrogen-bond acceptors (Lipinski definition) is 5. The van der Waals surface area contributed by atoms with Crippen LogP contribution in [0.2, 0.25) is 0 Å². The van der Waals surface area contributed by atoms with Crippen LogP contribution >= 0.6 is 0 Å². The van der Waals surface area contributed by atoms with Crippen molar-refractivity contribution in [1.29, 1.82) is 0 Å². The van der Waals surface area contributed by atoms with Crippen molar-refractivity contribution in [3.8, 4) is 17.2 Å². The summed E-state index contributed by atoms with van der Waals surface area (Å²) in [5, 5.41) is 3.76. The monoisotopic (exact) mass is 410 g/mol. The van der Waals surface area contributed by atoms with Crippen LogP contribution in [0.15, 0.2) is 47.3 Å². The molecule has 0 saturated heterocycles. The molecular formula is C23H26N2O5. The number of carbonyl (C=O) groups excluding carboxylic acids is 1. The van der Waals surface area contributed by atoms with Gasteiger partial charge < -0.3 is 24.5 Å². The number of fused-ring (bicyclic) bond motifs is 1. The molecule has 3 aromatic rings. The fraction of sp³-hybridized carbons (Fsp3) is 0.304. The van der Waals surface area contributed by atoms with Crippen molar-refractivity contribution < 1.29 is 19.0 Å². The van der Waals surface area contributed by atoms with Crippen LogP contribution in [0.4, 0.5) is 0 Å². The van der Waals surface area contributed by atoms with E-state index in [2.05, 4.69) is 10.3 Å². The van der Waals surface area contributed by atoms with E-state index in [0.717, 1.165) is 5.39 Å². The fourth-order valence-corrected chi connectivity index (χ4v) is 3.14. The Hall–Kier alpha value is -3.48. The number of pyridine rings is 1. The third kappa shape index (κ3) is 4.92. The maximum absolute atomic E-state index is 12.5. The van der Waals surface area contributed by atoms with Gasteiger partial charge in [-0.3, -0.25) is 9.59 Å². The summed E-state index contributed by atoms with van der Waals surface area (Å²) in [5.74, 6) is 1.59. The summed E-state index contributed by atoms with van der Waals surface area (Å²) < 4.78 is 16.3. The largest absolute Gasteiger partial charge is 0.497 e. The van der Waals surface area contributed by atoms with Crippen molar-refractivity contribution in [2.75, 3.05) is 26.9 Å². The lowest BCUT2D eigenvalue weighted by molar-refractivity contribution is 0.0953. The van der Waals surface area contributed by atoms with E-state index in [9.17, 15) is 9.59 Å². The number of rotatable bonds is 9. The molecule has 0 saturated carbocycles. The molecular weight excluding hydrogens is 384 g/mol. The Kier molecular flexibility index (Phi) is 6.95. The zero-order valence-electron chi connectivity index (χ0n) is 17.4. The van der Waals surface area contributed by atoms with Crippen molar-refractivity contribution in [3.05, 3.63) is 63.9 Å². The van der Waals surface area contributed by atoms with Crippen LogP contribution in [-0.4, -0.2) is 37.8 Å². The number of ether oxygens (including phenoxy) is 3. The van der Waals surface area contributed by atoms with E-state index in [-0.39, 0.29) is 11.5 Å². The Bertz CT molecular complexity index is 1090. The summed E-state index contributed by atoms with van der Waals surface area (Å²) in [5.41, 5.74) is 1.62. The van der Waals surface area contributed by atoms with Gasteiger partial charge in [0.1, 0.15) is 5.75 Å². The van der Waals surface area contributed by atoms with Gasteiger partial charge in [-0.2, -0.15) is 0 Å². The first-order chi connectivity index (χ1) is 14.5. The smallest absolute Gasteiger partial charge is 0.251 e. The summed E-state index contributed by atoms with van der Waals surface area (Å²) in [6.07, 6.45) is 0.415. The third-order valence-electron chi connectivity index (χ3n) is 4.62. The number of H-pyrrole nitrogens is 1. The van der Waals surface area contributed by atoms with E-state index in [4.69, 9.17) is 14.2 Å². The van der Waals surface area contributed by atoms with Gasteiger partial charge in [-0.1, -0.05) is 0 Å². The lowest BCUT2D eigenvalue weighted by Gasteiger charge is -2.12. The van der Waals surface area contributed by atoms with Gasteiger partial charge >= 0.3 is 0 Å². The molecule has 0 atom stereocenters. The Balaban J connectivity index is 1.67. The minimum Gasteiger partial charge on any atom is -0.497 e. The van der Waals surface area contributed by atoms with Gasteiger partial charge in [-0.25, -0.2) is 0 Å². The second-order valence-corrected chi connectivity index (χ2v) is 6.61. The first kappa shape index (κ1) is 21.2. The minimum atomic E-state index is -0.235. The molecule has 1 heterocycles. The van der Waals surface area contributed by atoms with E-state index in [1.54, 1.807) is 31.4 Å². The Morgan fingerprint density at radius 3 is 2.50 bits per heavy atom. The number of carbonyl (C=O) groups is 1. The number of hydrogen-bond donors (Lipinski definition) is 2. The number of methoxy groups -OCH3 is 1. The molecule has 0 unspecified atom stereocenters. The molecule has 3 rings (SSSR count). The zero-order chi connectivity index (χ0) is 21.5. The summed E-state index contributed by atoms with van der Waals surface area (Å²) in [6, 6.07) is 12.4. The van der Waals surface area contributed by atoms with Gasteiger partial charge in [-0.15, -0.1) is 0 Å². The van der Waals surface area contributed by atoms with Gasteiger partial charge in [0.2, 0.25) is 0 Å². The average molecular weight is 410 g/mol.